The molecule has 19 heavy (non-hydrogen) atoms. The molecule has 1 heterocycles. The third-order valence-electron chi connectivity index (χ3n) is 3.76. The highest BCUT2D eigenvalue weighted by atomic mass is 35.5. The van der Waals surface area contributed by atoms with Crippen LogP contribution in [-0.2, 0) is 0 Å². The van der Waals surface area contributed by atoms with Gasteiger partial charge in [-0.15, -0.1) is 0 Å². The normalized spacial score (nSPS) is 23.5. The van der Waals surface area contributed by atoms with Crippen molar-refractivity contribution in [2.45, 2.75) is 37.8 Å². The first-order valence-corrected chi connectivity index (χ1v) is 7.12. The molecule has 0 aliphatic heterocycles. The van der Waals surface area contributed by atoms with Crippen molar-refractivity contribution >= 4 is 28.2 Å². The maximum atomic E-state index is 9.99. The first kappa shape index (κ1) is 12.7. The van der Waals surface area contributed by atoms with Gasteiger partial charge in [0.05, 0.1) is 12.1 Å². The van der Waals surface area contributed by atoms with Gasteiger partial charge in [-0.2, -0.15) is 0 Å². The number of hydrogen-bond acceptors (Lipinski definition) is 3. The summed E-state index contributed by atoms with van der Waals surface area (Å²) in [6, 6.07) is 9.99. The number of fused-ring (bicyclic) bond motifs is 1. The summed E-state index contributed by atoms with van der Waals surface area (Å²) in [6.45, 7) is 0. The third-order valence-corrected chi connectivity index (χ3v) is 4.04. The lowest BCUT2D eigenvalue weighted by Gasteiger charge is -2.28. The summed E-state index contributed by atoms with van der Waals surface area (Å²) in [4.78, 5) is 4.37. The molecule has 1 aromatic heterocycles. The maximum absolute atomic E-state index is 9.99. The zero-order valence-corrected chi connectivity index (χ0v) is 11.4. The van der Waals surface area contributed by atoms with Crippen LogP contribution in [0.5, 0.6) is 0 Å². The van der Waals surface area contributed by atoms with Crippen molar-refractivity contribution in [2.75, 3.05) is 5.32 Å². The fourth-order valence-electron chi connectivity index (χ4n) is 2.70. The van der Waals surface area contributed by atoms with Crippen LogP contribution in [0.4, 0.5) is 5.82 Å². The molecule has 0 radical (unpaired) electrons. The lowest BCUT2D eigenvalue weighted by molar-refractivity contribution is 0.116. The summed E-state index contributed by atoms with van der Waals surface area (Å²) >= 11 is 6.20. The largest absolute Gasteiger partial charge is 0.391 e. The Kier molecular flexibility index (Phi) is 3.58. The third kappa shape index (κ3) is 2.67. The molecule has 1 saturated carbocycles. The van der Waals surface area contributed by atoms with Crippen molar-refractivity contribution in [3.63, 3.8) is 0 Å². The highest BCUT2D eigenvalue weighted by Gasteiger charge is 2.23. The van der Waals surface area contributed by atoms with Crippen molar-refractivity contribution < 1.29 is 5.11 Å². The number of benzene rings is 1. The van der Waals surface area contributed by atoms with Crippen LogP contribution < -0.4 is 5.32 Å². The van der Waals surface area contributed by atoms with Crippen LogP contribution in [0.3, 0.4) is 0 Å². The van der Waals surface area contributed by atoms with Crippen LogP contribution in [0, 0.1) is 0 Å². The summed E-state index contributed by atoms with van der Waals surface area (Å²) in [5.74, 6) is 0.745. The molecule has 2 N–H and O–H groups in total. The summed E-state index contributed by atoms with van der Waals surface area (Å²) < 4.78 is 0. The number of hydrogen-bond donors (Lipinski definition) is 2. The number of aromatic nitrogens is 1. The van der Waals surface area contributed by atoms with E-state index in [2.05, 4.69) is 10.3 Å². The number of pyridine rings is 1. The van der Waals surface area contributed by atoms with E-state index in [0.717, 1.165) is 42.3 Å². The Morgan fingerprint density at radius 3 is 2.84 bits per heavy atom. The number of anilines is 1. The van der Waals surface area contributed by atoms with Gasteiger partial charge in [0.1, 0.15) is 11.0 Å². The number of aliphatic hydroxyl groups is 1. The van der Waals surface area contributed by atoms with Gasteiger partial charge < -0.3 is 10.4 Å². The number of halogens is 1. The first-order valence-electron chi connectivity index (χ1n) is 6.74. The zero-order chi connectivity index (χ0) is 13.2. The first-order chi connectivity index (χ1) is 9.24. The predicted molar refractivity (Wildman–Crippen MR) is 78.6 cm³/mol. The molecule has 1 aliphatic rings. The molecule has 0 saturated heterocycles. The number of nitrogens with one attached hydrogen (secondary N) is 1. The lowest BCUT2D eigenvalue weighted by atomic mass is 9.92. The molecule has 0 unspecified atom stereocenters. The van der Waals surface area contributed by atoms with E-state index >= 15 is 0 Å². The minimum atomic E-state index is -0.291. The van der Waals surface area contributed by atoms with Crippen LogP contribution in [0.25, 0.3) is 10.8 Å². The molecule has 3 nitrogen and oxygen atoms in total. The summed E-state index contributed by atoms with van der Waals surface area (Å²) in [6.07, 6.45) is 3.80. The smallest absolute Gasteiger partial charge is 0.139 e. The van der Waals surface area contributed by atoms with Crippen LogP contribution in [0.1, 0.15) is 25.7 Å². The van der Waals surface area contributed by atoms with E-state index in [1.165, 1.54) is 0 Å². The van der Waals surface area contributed by atoms with Crippen molar-refractivity contribution in [3.8, 4) is 0 Å². The van der Waals surface area contributed by atoms with E-state index in [0.29, 0.717) is 5.15 Å². The standard InChI is InChI=1S/C15H17ClN2O/c16-15-11-6-2-1-5-10(11)9-14(18-15)17-12-7-3-4-8-13(12)19/h1-2,5-6,9,12-13,19H,3-4,7-8H2,(H,17,18)/t12-,13-/m0/s1. The fraction of sp³-hybridized carbons (Fsp3) is 0.400. The monoisotopic (exact) mass is 276 g/mol. The Morgan fingerprint density at radius 2 is 2.00 bits per heavy atom. The van der Waals surface area contributed by atoms with Gasteiger partial charge in [0.2, 0.25) is 0 Å². The van der Waals surface area contributed by atoms with Crippen LogP contribution >= 0.6 is 11.6 Å². The van der Waals surface area contributed by atoms with E-state index in [9.17, 15) is 5.11 Å². The highest BCUT2D eigenvalue weighted by Crippen LogP contribution is 2.27. The second-order valence-corrected chi connectivity index (χ2v) is 5.48. The van der Waals surface area contributed by atoms with Gasteiger partial charge in [-0.3, -0.25) is 0 Å². The van der Waals surface area contributed by atoms with Crippen molar-refractivity contribution in [1.29, 1.82) is 0 Å². The summed E-state index contributed by atoms with van der Waals surface area (Å²) in [7, 11) is 0. The van der Waals surface area contributed by atoms with Gasteiger partial charge in [-0.1, -0.05) is 48.7 Å². The van der Waals surface area contributed by atoms with Gasteiger partial charge in [-0.05, 0) is 24.3 Å². The molecule has 1 aliphatic carbocycles. The molecule has 0 amide bonds. The quantitative estimate of drug-likeness (QED) is 0.824. The van der Waals surface area contributed by atoms with E-state index in [1.54, 1.807) is 0 Å². The molecule has 0 spiro atoms. The Hall–Kier alpha value is -1.32. The van der Waals surface area contributed by atoms with Crippen molar-refractivity contribution in [1.82, 2.24) is 4.98 Å². The molecular formula is C15H17ClN2O. The maximum Gasteiger partial charge on any atom is 0.139 e. The molecule has 0 bridgehead atoms. The van der Waals surface area contributed by atoms with Crippen LogP contribution in [0.15, 0.2) is 30.3 Å². The Morgan fingerprint density at radius 1 is 1.21 bits per heavy atom. The average Bonchev–Trinajstić information content (AvgIpc) is 2.42. The minimum Gasteiger partial charge on any atom is -0.391 e. The predicted octanol–water partition coefficient (Wildman–Crippen LogP) is 3.60. The Bertz CT molecular complexity index is 587. The second-order valence-electron chi connectivity index (χ2n) is 5.12. The molecule has 3 rings (SSSR count). The Labute approximate surface area is 117 Å². The lowest BCUT2D eigenvalue weighted by Crippen LogP contribution is -2.36. The van der Waals surface area contributed by atoms with Gasteiger partial charge in [0, 0.05) is 5.39 Å². The topological polar surface area (TPSA) is 45.1 Å². The molecule has 1 fully saturated rings. The van der Waals surface area contributed by atoms with Gasteiger partial charge >= 0.3 is 0 Å². The number of aliphatic hydroxyl groups excluding tert-OH is 1. The van der Waals surface area contributed by atoms with Crippen LogP contribution in [0.2, 0.25) is 5.15 Å². The fourth-order valence-corrected chi connectivity index (χ4v) is 2.96. The number of rotatable bonds is 2. The van der Waals surface area contributed by atoms with Crippen molar-refractivity contribution in [3.05, 3.63) is 35.5 Å². The van der Waals surface area contributed by atoms with Gasteiger partial charge in [0.25, 0.3) is 0 Å². The van der Waals surface area contributed by atoms with Gasteiger partial charge in [0.15, 0.2) is 0 Å². The van der Waals surface area contributed by atoms with E-state index < -0.39 is 0 Å². The molecule has 2 atom stereocenters. The zero-order valence-electron chi connectivity index (χ0n) is 10.6. The summed E-state index contributed by atoms with van der Waals surface area (Å²) in [5.41, 5.74) is 0. The molecule has 4 heteroatoms. The molecule has 2 aromatic rings. The average molecular weight is 277 g/mol. The van der Waals surface area contributed by atoms with E-state index in [-0.39, 0.29) is 12.1 Å². The SMILES string of the molecule is O[C@H]1CCCC[C@@H]1Nc1cc2ccccc2c(Cl)n1. The van der Waals surface area contributed by atoms with E-state index in [4.69, 9.17) is 11.6 Å². The molecular weight excluding hydrogens is 260 g/mol. The highest BCUT2D eigenvalue weighted by molar-refractivity contribution is 6.34. The molecule has 1 aromatic carbocycles. The summed E-state index contributed by atoms with van der Waals surface area (Å²) in [5, 5.41) is 15.8. The minimum absolute atomic E-state index is 0.0819. The van der Waals surface area contributed by atoms with Gasteiger partial charge in [-0.25, -0.2) is 4.98 Å². The molecule has 100 valence electrons. The van der Waals surface area contributed by atoms with Crippen molar-refractivity contribution in [2.24, 2.45) is 0 Å². The Balaban J connectivity index is 1.88. The van der Waals surface area contributed by atoms with Crippen LogP contribution in [-0.4, -0.2) is 22.2 Å². The van der Waals surface area contributed by atoms with E-state index in [1.807, 2.05) is 30.3 Å². The number of nitrogens with zero attached hydrogens (tertiary/aromatic N) is 1. The second kappa shape index (κ2) is 5.35.